The van der Waals surface area contributed by atoms with Gasteiger partial charge in [0.2, 0.25) is 0 Å². The molecule has 17 heavy (non-hydrogen) atoms. The first-order chi connectivity index (χ1) is 8.16. The van der Waals surface area contributed by atoms with Crippen molar-refractivity contribution in [3.05, 3.63) is 23.2 Å². The van der Waals surface area contributed by atoms with Crippen molar-refractivity contribution in [2.75, 3.05) is 17.6 Å². The first-order valence-electron chi connectivity index (χ1n) is 6.12. The lowest BCUT2D eigenvalue weighted by Gasteiger charge is -2.26. The maximum atomic E-state index is 9.60. The van der Waals surface area contributed by atoms with E-state index in [1.807, 2.05) is 12.1 Å². The summed E-state index contributed by atoms with van der Waals surface area (Å²) in [6, 6.07) is 5.60. The van der Waals surface area contributed by atoms with Crippen LogP contribution in [0.5, 0.6) is 0 Å². The topological polar surface area (TPSA) is 58.3 Å². The first kappa shape index (κ1) is 12.5. The minimum Gasteiger partial charge on any atom is -0.396 e. The summed E-state index contributed by atoms with van der Waals surface area (Å²) < 4.78 is 0. The van der Waals surface area contributed by atoms with E-state index < -0.39 is 0 Å². The van der Waals surface area contributed by atoms with E-state index in [0.717, 1.165) is 31.5 Å². The Labute approximate surface area is 107 Å². The Morgan fingerprint density at radius 1 is 1.41 bits per heavy atom. The van der Waals surface area contributed by atoms with Crippen molar-refractivity contribution in [3.8, 4) is 0 Å². The number of halogens is 1. The summed E-state index contributed by atoms with van der Waals surface area (Å²) in [6.07, 6.45) is 3.97. The summed E-state index contributed by atoms with van der Waals surface area (Å²) in [6.45, 7) is 0.849. The van der Waals surface area contributed by atoms with Crippen molar-refractivity contribution >= 4 is 23.0 Å². The van der Waals surface area contributed by atoms with Crippen LogP contribution in [0.1, 0.15) is 25.7 Å². The van der Waals surface area contributed by atoms with E-state index in [4.69, 9.17) is 17.3 Å². The predicted octanol–water partition coefficient (Wildman–Crippen LogP) is 2.89. The van der Waals surface area contributed by atoms with Crippen LogP contribution >= 0.6 is 11.6 Å². The Hall–Kier alpha value is -0.930. The molecule has 0 heterocycles. The second-order valence-electron chi connectivity index (χ2n) is 4.77. The highest BCUT2D eigenvalue weighted by atomic mass is 35.5. The van der Waals surface area contributed by atoms with Gasteiger partial charge in [0, 0.05) is 6.54 Å². The number of para-hydroxylation sites is 1. The van der Waals surface area contributed by atoms with Gasteiger partial charge in [-0.3, -0.25) is 0 Å². The maximum absolute atomic E-state index is 9.60. The Balaban J connectivity index is 1.91. The Morgan fingerprint density at radius 2 is 2.24 bits per heavy atom. The van der Waals surface area contributed by atoms with Crippen molar-refractivity contribution in [1.82, 2.24) is 0 Å². The molecule has 0 bridgehead atoms. The SMILES string of the molecule is Nc1c(Cl)cccc1NCC1CCCC(O)C1. The number of aliphatic hydroxyl groups is 1. The van der Waals surface area contributed by atoms with E-state index in [0.29, 0.717) is 16.6 Å². The number of aliphatic hydroxyl groups excluding tert-OH is 1. The third-order valence-electron chi connectivity index (χ3n) is 3.39. The molecule has 1 fully saturated rings. The molecule has 1 aromatic rings. The number of nitrogens with two attached hydrogens (primary N) is 1. The Morgan fingerprint density at radius 3 is 3.00 bits per heavy atom. The summed E-state index contributed by atoms with van der Waals surface area (Å²) in [4.78, 5) is 0. The molecule has 94 valence electrons. The highest BCUT2D eigenvalue weighted by Crippen LogP contribution is 2.29. The fourth-order valence-electron chi connectivity index (χ4n) is 2.39. The van der Waals surface area contributed by atoms with Gasteiger partial charge < -0.3 is 16.2 Å². The molecule has 2 unspecified atom stereocenters. The van der Waals surface area contributed by atoms with Gasteiger partial charge >= 0.3 is 0 Å². The zero-order valence-corrected chi connectivity index (χ0v) is 10.6. The maximum Gasteiger partial charge on any atom is 0.0739 e. The summed E-state index contributed by atoms with van der Waals surface area (Å²) in [5.74, 6) is 0.525. The second-order valence-corrected chi connectivity index (χ2v) is 5.18. The lowest BCUT2D eigenvalue weighted by Crippen LogP contribution is -2.25. The minimum atomic E-state index is -0.132. The lowest BCUT2D eigenvalue weighted by atomic mass is 9.87. The van der Waals surface area contributed by atoms with Crippen LogP contribution in [0.2, 0.25) is 5.02 Å². The van der Waals surface area contributed by atoms with Crippen molar-refractivity contribution in [1.29, 1.82) is 0 Å². The molecule has 0 aliphatic heterocycles. The fourth-order valence-corrected chi connectivity index (χ4v) is 2.57. The largest absolute Gasteiger partial charge is 0.396 e. The average molecular weight is 255 g/mol. The molecule has 3 nitrogen and oxygen atoms in total. The van der Waals surface area contributed by atoms with Gasteiger partial charge in [-0.1, -0.05) is 24.1 Å². The molecule has 4 heteroatoms. The van der Waals surface area contributed by atoms with Gasteiger partial charge in [-0.25, -0.2) is 0 Å². The second kappa shape index (κ2) is 5.61. The van der Waals surface area contributed by atoms with Gasteiger partial charge in [-0.15, -0.1) is 0 Å². The van der Waals surface area contributed by atoms with Gasteiger partial charge in [-0.05, 0) is 37.3 Å². The predicted molar refractivity (Wildman–Crippen MR) is 72.3 cm³/mol. The number of anilines is 2. The van der Waals surface area contributed by atoms with Crippen molar-refractivity contribution in [2.45, 2.75) is 31.8 Å². The van der Waals surface area contributed by atoms with Gasteiger partial charge in [0.05, 0.1) is 22.5 Å². The monoisotopic (exact) mass is 254 g/mol. The molecule has 1 aliphatic rings. The van der Waals surface area contributed by atoms with E-state index in [1.54, 1.807) is 6.07 Å². The standard InChI is InChI=1S/C13H19ClN2O/c14-11-5-2-6-12(13(11)15)16-8-9-3-1-4-10(17)7-9/h2,5-6,9-10,16-17H,1,3-4,7-8,15H2. The van der Waals surface area contributed by atoms with Crippen LogP contribution in [0.25, 0.3) is 0 Å². The van der Waals surface area contributed by atoms with E-state index >= 15 is 0 Å². The van der Waals surface area contributed by atoms with Crippen LogP contribution in [0.3, 0.4) is 0 Å². The van der Waals surface area contributed by atoms with Crippen LogP contribution < -0.4 is 11.1 Å². The van der Waals surface area contributed by atoms with E-state index in [2.05, 4.69) is 5.32 Å². The lowest BCUT2D eigenvalue weighted by molar-refractivity contribution is 0.105. The van der Waals surface area contributed by atoms with Crippen molar-refractivity contribution < 1.29 is 5.11 Å². The molecule has 1 saturated carbocycles. The van der Waals surface area contributed by atoms with Crippen LogP contribution in [0.4, 0.5) is 11.4 Å². The smallest absolute Gasteiger partial charge is 0.0739 e. The van der Waals surface area contributed by atoms with E-state index in [-0.39, 0.29) is 6.10 Å². The van der Waals surface area contributed by atoms with Gasteiger partial charge in [0.1, 0.15) is 0 Å². The molecule has 2 atom stereocenters. The highest BCUT2D eigenvalue weighted by Gasteiger charge is 2.19. The first-order valence-corrected chi connectivity index (χ1v) is 6.50. The van der Waals surface area contributed by atoms with Gasteiger partial charge in [0.15, 0.2) is 0 Å². The molecular weight excluding hydrogens is 236 g/mol. The van der Waals surface area contributed by atoms with E-state index in [9.17, 15) is 5.11 Å². The zero-order chi connectivity index (χ0) is 12.3. The molecule has 0 amide bonds. The number of nitrogens with one attached hydrogen (secondary N) is 1. The van der Waals surface area contributed by atoms with Crippen LogP contribution in [0, 0.1) is 5.92 Å². The number of hydrogen-bond acceptors (Lipinski definition) is 3. The van der Waals surface area contributed by atoms with Crippen LogP contribution in [-0.2, 0) is 0 Å². The van der Waals surface area contributed by atoms with Gasteiger partial charge in [0.25, 0.3) is 0 Å². The Bertz CT molecular complexity index is 384. The summed E-state index contributed by atoms with van der Waals surface area (Å²) >= 11 is 5.95. The normalized spacial score (nSPS) is 24.6. The molecular formula is C13H19ClN2O. The van der Waals surface area contributed by atoms with Crippen LogP contribution in [-0.4, -0.2) is 17.8 Å². The van der Waals surface area contributed by atoms with Crippen LogP contribution in [0.15, 0.2) is 18.2 Å². The number of rotatable bonds is 3. The number of nitrogen functional groups attached to an aromatic ring is 1. The molecule has 0 spiro atoms. The zero-order valence-electron chi connectivity index (χ0n) is 9.82. The average Bonchev–Trinajstić information content (AvgIpc) is 2.31. The number of benzene rings is 1. The number of hydrogen-bond donors (Lipinski definition) is 3. The summed E-state index contributed by atoms with van der Waals surface area (Å²) in [5.41, 5.74) is 7.37. The third-order valence-corrected chi connectivity index (χ3v) is 3.72. The van der Waals surface area contributed by atoms with Crippen molar-refractivity contribution in [2.24, 2.45) is 5.92 Å². The molecule has 0 saturated heterocycles. The molecule has 0 radical (unpaired) electrons. The minimum absolute atomic E-state index is 0.132. The summed E-state index contributed by atoms with van der Waals surface area (Å²) in [5, 5.41) is 13.5. The third kappa shape index (κ3) is 3.27. The quantitative estimate of drug-likeness (QED) is 0.727. The fraction of sp³-hybridized carbons (Fsp3) is 0.538. The molecule has 2 rings (SSSR count). The van der Waals surface area contributed by atoms with E-state index in [1.165, 1.54) is 6.42 Å². The van der Waals surface area contributed by atoms with Gasteiger partial charge in [-0.2, -0.15) is 0 Å². The molecule has 0 aromatic heterocycles. The molecule has 4 N–H and O–H groups in total. The Kier molecular flexibility index (Phi) is 4.13. The molecule has 1 aromatic carbocycles. The summed E-state index contributed by atoms with van der Waals surface area (Å²) in [7, 11) is 0. The van der Waals surface area contributed by atoms with Crippen molar-refractivity contribution in [3.63, 3.8) is 0 Å². The molecule has 1 aliphatic carbocycles. The highest BCUT2D eigenvalue weighted by molar-refractivity contribution is 6.33.